The molecule has 0 aromatic carbocycles. The van der Waals surface area contributed by atoms with Crippen LogP contribution in [0.15, 0.2) is 29.0 Å². The van der Waals surface area contributed by atoms with Gasteiger partial charge in [0, 0.05) is 27.1 Å². The van der Waals surface area contributed by atoms with Crippen LogP contribution in [0.1, 0.15) is 33.1 Å². The van der Waals surface area contributed by atoms with E-state index < -0.39 is 0 Å². The molecule has 1 unspecified atom stereocenters. The van der Waals surface area contributed by atoms with E-state index in [1.165, 1.54) is 0 Å². The molecule has 0 spiro atoms. The summed E-state index contributed by atoms with van der Waals surface area (Å²) in [5.74, 6) is 0.0854. The number of ketones is 1. The Hall–Kier alpha value is -1.46. The monoisotopic (exact) mass is 305 g/mol. The Kier molecular flexibility index (Phi) is 6.34. The first kappa shape index (κ1) is 16.9. The minimum Gasteiger partial charge on any atom is -0.379 e. The van der Waals surface area contributed by atoms with Crippen LogP contribution in [-0.2, 0) is 9.53 Å². The molecule has 122 valence electrons. The highest BCUT2D eigenvalue weighted by atomic mass is 16.5. The van der Waals surface area contributed by atoms with Crippen molar-refractivity contribution in [2.45, 2.75) is 39.3 Å². The summed E-state index contributed by atoms with van der Waals surface area (Å²) in [4.78, 5) is 21.0. The molecule has 2 heterocycles. The van der Waals surface area contributed by atoms with E-state index in [0.717, 1.165) is 51.3 Å². The van der Waals surface area contributed by atoms with E-state index >= 15 is 0 Å². The summed E-state index contributed by atoms with van der Waals surface area (Å²) in [5.41, 5.74) is 1.70. The van der Waals surface area contributed by atoms with E-state index in [0.29, 0.717) is 5.71 Å². The summed E-state index contributed by atoms with van der Waals surface area (Å²) in [7, 11) is 2.06. The average molecular weight is 305 g/mol. The van der Waals surface area contributed by atoms with Crippen LogP contribution in [0.4, 0.5) is 0 Å². The van der Waals surface area contributed by atoms with Gasteiger partial charge in [-0.05, 0) is 32.4 Å². The lowest BCUT2D eigenvalue weighted by atomic mass is 10.1. The predicted octanol–water partition coefficient (Wildman–Crippen LogP) is 2.21. The van der Waals surface area contributed by atoms with Gasteiger partial charge < -0.3 is 9.64 Å². The normalized spacial score (nSPS) is 22.0. The highest BCUT2D eigenvalue weighted by molar-refractivity contribution is 6.39. The molecule has 1 fully saturated rings. The number of aliphatic imine (C=N–C) groups is 1. The molecule has 1 saturated heterocycles. The minimum atomic E-state index is 0.0625. The van der Waals surface area contributed by atoms with Gasteiger partial charge in [0.2, 0.25) is 0 Å². The van der Waals surface area contributed by atoms with Gasteiger partial charge in [-0.25, -0.2) is 0 Å². The molecular formula is C17H27N3O2. The summed E-state index contributed by atoms with van der Waals surface area (Å²) >= 11 is 0. The molecule has 0 aliphatic carbocycles. The van der Waals surface area contributed by atoms with E-state index in [4.69, 9.17) is 9.73 Å². The lowest BCUT2D eigenvalue weighted by Gasteiger charge is -2.39. The van der Waals surface area contributed by atoms with Crippen LogP contribution in [0.25, 0.3) is 0 Å². The van der Waals surface area contributed by atoms with Crippen LogP contribution in [0.5, 0.6) is 0 Å². The summed E-state index contributed by atoms with van der Waals surface area (Å²) in [6.07, 6.45) is 9.09. The molecule has 5 heteroatoms. The molecular weight excluding hydrogens is 278 g/mol. The second-order valence-corrected chi connectivity index (χ2v) is 5.81. The fourth-order valence-corrected chi connectivity index (χ4v) is 2.99. The van der Waals surface area contributed by atoms with Crippen molar-refractivity contribution in [1.82, 2.24) is 9.80 Å². The standard InChI is InChI=1S/C17H27N3O2/c1-4-9-19(3)17(20-10-12-22-13-11-20)16-8-6-5-7-15(18-16)14(2)21/h4,8-9,17H,5-7,10-13H2,1-3H3. The zero-order valence-electron chi connectivity index (χ0n) is 13.9. The van der Waals surface area contributed by atoms with Crippen LogP contribution in [-0.4, -0.2) is 60.8 Å². The molecule has 0 aromatic heterocycles. The number of allylic oxidation sites excluding steroid dienone is 2. The van der Waals surface area contributed by atoms with Gasteiger partial charge in [-0.2, -0.15) is 0 Å². The van der Waals surface area contributed by atoms with Crippen LogP contribution < -0.4 is 0 Å². The SMILES string of the molecule is CC=CN(C)C(C1=CCCCC(C(C)=O)=N1)N1CCOCC1. The van der Waals surface area contributed by atoms with Crippen molar-refractivity contribution in [3.05, 3.63) is 24.0 Å². The summed E-state index contributed by atoms with van der Waals surface area (Å²) in [6, 6.07) is 0. The number of likely N-dealkylation sites (N-methyl/N-ethyl adjacent to an activating group) is 1. The topological polar surface area (TPSA) is 45.1 Å². The van der Waals surface area contributed by atoms with Gasteiger partial charge in [0.25, 0.3) is 0 Å². The Bertz CT molecular complexity index is 476. The van der Waals surface area contributed by atoms with Crippen molar-refractivity contribution in [2.75, 3.05) is 33.4 Å². The molecule has 0 saturated carbocycles. The Labute approximate surface area is 133 Å². The number of ether oxygens (including phenoxy) is 1. The van der Waals surface area contributed by atoms with E-state index in [9.17, 15) is 4.79 Å². The van der Waals surface area contributed by atoms with Gasteiger partial charge in [-0.1, -0.05) is 12.2 Å². The van der Waals surface area contributed by atoms with Crippen molar-refractivity contribution < 1.29 is 9.53 Å². The molecule has 2 aliphatic heterocycles. The quantitative estimate of drug-likeness (QED) is 0.781. The summed E-state index contributed by atoms with van der Waals surface area (Å²) in [6.45, 7) is 6.89. The predicted molar refractivity (Wildman–Crippen MR) is 88.8 cm³/mol. The third kappa shape index (κ3) is 4.27. The first-order valence-electron chi connectivity index (χ1n) is 8.08. The first-order valence-corrected chi connectivity index (χ1v) is 8.08. The van der Waals surface area contributed by atoms with Crippen LogP contribution in [0, 0.1) is 0 Å². The molecule has 0 aromatic rings. The number of Topliss-reactive ketones (excluding diaryl/α,β-unsaturated/α-hetero) is 1. The van der Waals surface area contributed by atoms with E-state index in [2.05, 4.69) is 29.1 Å². The molecule has 5 nitrogen and oxygen atoms in total. The van der Waals surface area contributed by atoms with Crippen molar-refractivity contribution in [2.24, 2.45) is 4.99 Å². The van der Waals surface area contributed by atoms with Gasteiger partial charge >= 0.3 is 0 Å². The Morgan fingerprint density at radius 3 is 2.82 bits per heavy atom. The van der Waals surface area contributed by atoms with Crippen molar-refractivity contribution >= 4 is 11.5 Å². The van der Waals surface area contributed by atoms with Gasteiger partial charge in [0.1, 0.15) is 6.17 Å². The van der Waals surface area contributed by atoms with Crippen LogP contribution in [0.2, 0.25) is 0 Å². The highest BCUT2D eigenvalue weighted by Crippen LogP contribution is 2.22. The number of rotatable bonds is 5. The highest BCUT2D eigenvalue weighted by Gasteiger charge is 2.28. The summed E-state index contributed by atoms with van der Waals surface area (Å²) in [5, 5.41) is 0. The van der Waals surface area contributed by atoms with Crippen molar-refractivity contribution in [1.29, 1.82) is 0 Å². The van der Waals surface area contributed by atoms with E-state index in [-0.39, 0.29) is 11.9 Å². The average Bonchev–Trinajstić information content (AvgIpc) is 2.75. The van der Waals surface area contributed by atoms with Crippen molar-refractivity contribution in [3.8, 4) is 0 Å². The number of hydrogen-bond acceptors (Lipinski definition) is 5. The second-order valence-electron chi connectivity index (χ2n) is 5.81. The maximum Gasteiger partial charge on any atom is 0.173 e. The number of hydrogen-bond donors (Lipinski definition) is 0. The first-order chi connectivity index (χ1) is 10.6. The van der Waals surface area contributed by atoms with Gasteiger partial charge in [-0.15, -0.1) is 0 Å². The van der Waals surface area contributed by atoms with Gasteiger partial charge in [-0.3, -0.25) is 14.7 Å². The molecule has 22 heavy (non-hydrogen) atoms. The minimum absolute atomic E-state index is 0.0625. The third-order valence-corrected chi connectivity index (χ3v) is 4.07. The lowest BCUT2D eigenvalue weighted by Crippen LogP contribution is -2.50. The molecule has 2 aliphatic rings. The Morgan fingerprint density at radius 1 is 1.45 bits per heavy atom. The molecule has 0 N–H and O–H groups in total. The molecule has 0 radical (unpaired) electrons. The molecule has 0 bridgehead atoms. The maximum atomic E-state index is 11.8. The third-order valence-electron chi connectivity index (χ3n) is 4.07. The van der Waals surface area contributed by atoms with Gasteiger partial charge in [0.05, 0.1) is 24.6 Å². The van der Waals surface area contributed by atoms with Gasteiger partial charge in [0.15, 0.2) is 5.78 Å². The molecule has 2 rings (SSSR count). The lowest BCUT2D eigenvalue weighted by molar-refractivity contribution is -0.111. The van der Waals surface area contributed by atoms with Crippen LogP contribution >= 0.6 is 0 Å². The van der Waals surface area contributed by atoms with E-state index in [1.807, 2.05) is 13.0 Å². The Morgan fingerprint density at radius 2 is 2.18 bits per heavy atom. The molecule has 1 atom stereocenters. The van der Waals surface area contributed by atoms with Crippen molar-refractivity contribution in [3.63, 3.8) is 0 Å². The number of carbonyl (C=O) groups is 1. The van der Waals surface area contributed by atoms with Crippen LogP contribution in [0.3, 0.4) is 0 Å². The smallest absolute Gasteiger partial charge is 0.173 e. The second kappa shape index (κ2) is 8.25. The molecule has 0 amide bonds. The summed E-state index contributed by atoms with van der Waals surface area (Å²) < 4.78 is 5.47. The Balaban J connectivity index is 2.31. The number of nitrogens with zero attached hydrogens (tertiary/aromatic N) is 3. The maximum absolute atomic E-state index is 11.8. The number of morpholine rings is 1. The fraction of sp³-hybridized carbons (Fsp3) is 0.647. The largest absolute Gasteiger partial charge is 0.379 e. The zero-order chi connectivity index (χ0) is 15.9. The fourth-order valence-electron chi connectivity index (χ4n) is 2.99. The van der Waals surface area contributed by atoms with E-state index in [1.54, 1.807) is 6.92 Å². The zero-order valence-corrected chi connectivity index (χ0v) is 13.9. The number of carbonyl (C=O) groups excluding carboxylic acids is 1.